The molecule has 1 saturated heterocycles. The highest BCUT2D eigenvalue weighted by Crippen LogP contribution is 2.25. The number of carbonyl (C=O) groups excluding carboxylic acids is 1. The van der Waals surface area contributed by atoms with E-state index in [0.29, 0.717) is 35.9 Å². The van der Waals surface area contributed by atoms with E-state index in [0.717, 1.165) is 44.3 Å². The highest BCUT2D eigenvalue weighted by molar-refractivity contribution is 5.94. The predicted octanol–water partition coefficient (Wildman–Crippen LogP) is 3.97. The van der Waals surface area contributed by atoms with Crippen molar-refractivity contribution in [2.75, 3.05) is 31.1 Å². The van der Waals surface area contributed by atoms with Crippen molar-refractivity contribution in [1.82, 2.24) is 25.4 Å². The van der Waals surface area contributed by atoms with Crippen molar-refractivity contribution in [2.24, 2.45) is 5.92 Å². The number of aryl methyl sites for hydroxylation is 1. The highest BCUT2D eigenvalue weighted by atomic mass is 19.1. The molecule has 0 saturated carbocycles. The largest absolute Gasteiger partial charge is 0.493 e. The molecule has 184 valence electrons. The van der Waals surface area contributed by atoms with Crippen molar-refractivity contribution in [3.8, 4) is 17.1 Å². The molecule has 4 rings (SSSR count). The summed E-state index contributed by atoms with van der Waals surface area (Å²) in [4.78, 5) is 27.2. The molecule has 9 nitrogen and oxygen atoms in total. The van der Waals surface area contributed by atoms with E-state index in [2.05, 4.69) is 36.9 Å². The molecule has 1 aliphatic rings. The van der Waals surface area contributed by atoms with Gasteiger partial charge in [0.15, 0.2) is 0 Å². The number of halogens is 1. The van der Waals surface area contributed by atoms with Crippen LogP contribution in [0.2, 0.25) is 0 Å². The van der Waals surface area contributed by atoms with E-state index in [1.165, 1.54) is 12.1 Å². The molecule has 10 heteroatoms. The van der Waals surface area contributed by atoms with E-state index in [1.54, 1.807) is 31.5 Å². The smallest absolute Gasteiger partial charge is 0.254 e. The molecule has 1 aromatic carbocycles. The first-order valence-electron chi connectivity index (χ1n) is 11.7. The number of hydrogen-bond donors (Lipinski definition) is 1. The maximum absolute atomic E-state index is 14.2. The molecule has 1 fully saturated rings. The van der Waals surface area contributed by atoms with Gasteiger partial charge in [-0.25, -0.2) is 14.4 Å². The maximum Gasteiger partial charge on any atom is 0.254 e. The summed E-state index contributed by atoms with van der Waals surface area (Å²) in [7, 11) is 0. The number of benzene rings is 1. The number of ether oxygens (including phenoxy) is 1. The van der Waals surface area contributed by atoms with Crippen molar-refractivity contribution in [1.29, 1.82) is 0 Å². The zero-order valence-electron chi connectivity index (χ0n) is 19.7. The van der Waals surface area contributed by atoms with Gasteiger partial charge >= 0.3 is 0 Å². The average Bonchev–Trinajstić information content (AvgIpc) is 3.32. The van der Waals surface area contributed by atoms with Gasteiger partial charge in [0.1, 0.15) is 11.6 Å². The Morgan fingerprint density at radius 3 is 2.74 bits per heavy atom. The lowest BCUT2D eigenvalue weighted by Crippen LogP contribution is -2.34. The summed E-state index contributed by atoms with van der Waals surface area (Å²) in [6.07, 6.45) is 9.01. The molecule has 0 radical (unpaired) electrons. The first-order valence-corrected chi connectivity index (χ1v) is 11.7. The van der Waals surface area contributed by atoms with Crippen LogP contribution in [0.4, 0.5) is 10.3 Å². The van der Waals surface area contributed by atoms with E-state index in [-0.39, 0.29) is 12.1 Å². The lowest BCUT2D eigenvalue weighted by atomic mass is 9.92. The number of nitrogens with one attached hydrogen (secondary N) is 1. The van der Waals surface area contributed by atoms with Crippen LogP contribution in [-0.2, 0) is 0 Å². The summed E-state index contributed by atoms with van der Waals surface area (Å²) in [5.41, 5.74) is 0.723. The van der Waals surface area contributed by atoms with Crippen molar-refractivity contribution < 1.29 is 18.4 Å². The highest BCUT2D eigenvalue weighted by Gasteiger charge is 2.21. The van der Waals surface area contributed by atoms with Crippen LogP contribution >= 0.6 is 0 Å². The lowest BCUT2D eigenvalue weighted by Gasteiger charge is -2.32. The second-order valence-electron chi connectivity index (χ2n) is 8.47. The van der Waals surface area contributed by atoms with Gasteiger partial charge in [0, 0.05) is 45.0 Å². The van der Waals surface area contributed by atoms with E-state index in [1.807, 2.05) is 0 Å². The molecule has 0 unspecified atom stereocenters. The summed E-state index contributed by atoms with van der Waals surface area (Å²) in [6.45, 7) is 7.85. The van der Waals surface area contributed by atoms with Gasteiger partial charge in [-0.3, -0.25) is 4.79 Å². The Labute approximate surface area is 203 Å². The van der Waals surface area contributed by atoms with Gasteiger partial charge in [-0.2, -0.15) is 4.98 Å². The third kappa shape index (κ3) is 6.40. The Balaban J connectivity index is 1.17. The minimum absolute atomic E-state index is 0.00510. The second-order valence-corrected chi connectivity index (χ2v) is 8.47. The van der Waals surface area contributed by atoms with Crippen LogP contribution < -0.4 is 15.0 Å². The van der Waals surface area contributed by atoms with Gasteiger partial charge in [0.2, 0.25) is 17.7 Å². The Hall–Kier alpha value is -3.82. The molecule has 0 aliphatic carbocycles. The molecule has 0 bridgehead atoms. The number of aromatic nitrogens is 4. The van der Waals surface area contributed by atoms with Crippen LogP contribution in [0.1, 0.15) is 41.9 Å². The molecule has 1 aliphatic heterocycles. The molecule has 2 aromatic heterocycles. The lowest BCUT2D eigenvalue weighted by molar-refractivity contribution is 0.0954. The fourth-order valence-corrected chi connectivity index (χ4v) is 4.03. The first kappa shape index (κ1) is 24.3. The van der Waals surface area contributed by atoms with Crippen LogP contribution in [0.3, 0.4) is 0 Å². The Morgan fingerprint density at radius 2 is 2.09 bits per heavy atom. The zero-order chi connectivity index (χ0) is 24.6. The second kappa shape index (κ2) is 11.5. The molecule has 0 atom stereocenters. The third-order valence-corrected chi connectivity index (χ3v) is 5.94. The third-order valence-electron chi connectivity index (χ3n) is 5.94. The number of hydrogen-bond acceptors (Lipinski definition) is 8. The Bertz CT molecular complexity index is 1140. The molecular formula is C25H29FN6O3. The van der Waals surface area contributed by atoms with Crippen molar-refractivity contribution >= 4 is 11.9 Å². The quantitative estimate of drug-likeness (QED) is 0.343. The number of amides is 1. The molecule has 0 spiro atoms. The monoisotopic (exact) mass is 480 g/mol. The molecule has 3 aromatic rings. The number of anilines is 1. The van der Waals surface area contributed by atoms with Crippen LogP contribution in [-0.4, -0.2) is 52.3 Å². The van der Waals surface area contributed by atoms with Crippen LogP contribution in [0.15, 0.2) is 47.8 Å². The fraction of sp³-hybridized carbons (Fsp3) is 0.400. The molecule has 35 heavy (non-hydrogen) atoms. The predicted molar refractivity (Wildman–Crippen MR) is 129 cm³/mol. The van der Waals surface area contributed by atoms with Crippen molar-refractivity contribution in [3.05, 3.63) is 60.5 Å². The summed E-state index contributed by atoms with van der Waals surface area (Å²) in [5, 5.41) is 6.45. The maximum atomic E-state index is 14.2. The molecule has 3 heterocycles. The molecular weight excluding hydrogens is 451 g/mol. The average molecular weight is 481 g/mol. The SMILES string of the molecule is C=CCNC(=O)c1ccc(OCCCC2CCN(c3ncc(-c4noc(C)n4)cn3)CC2)cc1F. The summed E-state index contributed by atoms with van der Waals surface area (Å²) in [6, 6.07) is 4.32. The first-order chi connectivity index (χ1) is 17.0. The Kier molecular flexibility index (Phi) is 8.02. The minimum Gasteiger partial charge on any atom is -0.493 e. The normalized spacial score (nSPS) is 14.1. The topological polar surface area (TPSA) is 106 Å². The molecule has 1 amide bonds. The van der Waals surface area contributed by atoms with Gasteiger partial charge in [-0.05, 0) is 43.7 Å². The summed E-state index contributed by atoms with van der Waals surface area (Å²) in [5.74, 6) is 1.66. The van der Waals surface area contributed by atoms with Crippen molar-refractivity contribution in [2.45, 2.75) is 32.6 Å². The molecule has 1 N–H and O–H groups in total. The summed E-state index contributed by atoms with van der Waals surface area (Å²) >= 11 is 0. The van der Waals surface area contributed by atoms with Gasteiger partial charge in [0.05, 0.1) is 17.7 Å². The van der Waals surface area contributed by atoms with Gasteiger partial charge < -0.3 is 19.5 Å². The summed E-state index contributed by atoms with van der Waals surface area (Å²) < 4.78 is 24.9. The standard InChI is InChI=1S/C25H29FN6O3/c1-3-10-27-24(33)21-7-6-20(14-22(21)26)34-13-4-5-18-8-11-32(12-9-18)25-28-15-19(16-29-25)23-30-17(2)35-31-23/h3,6-7,14-16,18H,1,4-5,8-13H2,2H3,(H,27,33). The van der Waals surface area contributed by atoms with Gasteiger partial charge in [-0.15, -0.1) is 6.58 Å². The number of rotatable bonds is 10. The van der Waals surface area contributed by atoms with Crippen LogP contribution in [0, 0.1) is 18.7 Å². The van der Waals surface area contributed by atoms with Crippen LogP contribution in [0.5, 0.6) is 5.75 Å². The van der Waals surface area contributed by atoms with Gasteiger partial charge in [-0.1, -0.05) is 11.2 Å². The number of carbonyl (C=O) groups is 1. The fourth-order valence-electron chi connectivity index (χ4n) is 4.03. The zero-order valence-corrected chi connectivity index (χ0v) is 19.7. The van der Waals surface area contributed by atoms with E-state index in [4.69, 9.17) is 9.26 Å². The van der Waals surface area contributed by atoms with E-state index < -0.39 is 11.7 Å². The number of piperidine rings is 1. The van der Waals surface area contributed by atoms with Gasteiger partial charge in [0.25, 0.3) is 5.91 Å². The Morgan fingerprint density at radius 1 is 1.31 bits per heavy atom. The van der Waals surface area contributed by atoms with E-state index in [9.17, 15) is 9.18 Å². The van der Waals surface area contributed by atoms with Crippen molar-refractivity contribution in [3.63, 3.8) is 0 Å². The number of nitrogens with zero attached hydrogens (tertiary/aromatic N) is 5. The van der Waals surface area contributed by atoms with Crippen LogP contribution in [0.25, 0.3) is 11.4 Å². The minimum atomic E-state index is -0.598. The van der Waals surface area contributed by atoms with E-state index >= 15 is 0 Å².